The first kappa shape index (κ1) is 22.1. The average molecular weight is 393 g/mol. The zero-order valence-electron chi connectivity index (χ0n) is 17.7. The second-order valence-corrected chi connectivity index (χ2v) is 13.8. The quantitative estimate of drug-likeness (QED) is 0.373. The van der Waals surface area contributed by atoms with Gasteiger partial charge < -0.3 is 19.0 Å². The molecule has 1 saturated carbocycles. The Morgan fingerprint density at radius 3 is 2.33 bits per heavy atom. The van der Waals surface area contributed by atoms with Crippen LogP contribution in [0.5, 0.6) is 5.75 Å². The minimum Gasteiger partial charge on any atom is -0.497 e. The number of hydrogen-bond acceptors (Lipinski definition) is 4. The van der Waals surface area contributed by atoms with Crippen LogP contribution < -0.4 is 4.74 Å². The first-order valence-corrected chi connectivity index (χ1v) is 12.7. The maximum atomic E-state index is 10.5. The summed E-state index contributed by atoms with van der Waals surface area (Å²) in [5.41, 5.74) is 1.12. The van der Waals surface area contributed by atoms with Gasteiger partial charge in [-0.15, -0.1) is 6.58 Å². The van der Waals surface area contributed by atoms with E-state index in [-0.39, 0.29) is 23.0 Å². The highest BCUT2D eigenvalue weighted by Gasteiger charge is 2.52. The van der Waals surface area contributed by atoms with Gasteiger partial charge in [0.1, 0.15) is 5.75 Å². The summed E-state index contributed by atoms with van der Waals surface area (Å²) in [7, 11) is -0.256. The first-order valence-electron chi connectivity index (χ1n) is 9.80. The average Bonchev–Trinajstić information content (AvgIpc) is 2.61. The molecule has 1 aromatic rings. The van der Waals surface area contributed by atoms with E-state index >= 15 is 0 Å². The summed E-state index contributed by atoms with van der Waals surface area (Å²) in [6, 6.07) is 7.92. The normalized spacial score (nSPS) is 25.7. The van der Waals surface area contributed by atoms with Crippen molar-refractivity contribution in [1.29, 1.82) is 0 Å². The molecular formula is C22H36O4Si. The summed E-state index contributed by atoms with van der Waals surface area (Å²) >= 11 is 0. The molecule has 1 aromatic carbocycles. The predicted octanol–water partition coefficient (Wildman–Crippen LogP) is 4.79. The molecule has 4 atom stereocenters. The van der Waals surface area contributed by atoms with Crippen LogP contribution in [0.3, 0.4) is 0 Å². The topological polar surface area (TPSA) is 47.9 Å². The molecule has 27 heavy (non-hydrogen) atoms. The van der Waals surface area contributed by atoms with E-state index in [1.165, 1.54) is 0 Å². The highest BCUT2D eigenvalue weighted by atomic mass is 28.4. The van der Waals surface area contributed by atoms with Gasteiger partial charge in [0.25, 0.3) is 0 Å². The van der Waals surface area contributed by atoms with Crippen molar-refractivity contribution in [2.24, 2.45) is 11.8 Å². The molecule has 1 aliphatic carbocycles. The van der Waals surface area contributed by atoms with E-state index < -0.39 is 14.4 Å². The molecule has 0 heterocycles. The molecule has 0 amide bonds. The highest BCUT2D eigenvalue weighted by molar-refractivity contribution is 6.74. The molecule has 4 nitrogen and oxygen atoms in total. The van der Waals surface area contributed by atoms with Crippen molar-refractivity contribution in [1.82, 2.24) is 0 Å². The van der Waals surface area contributed by atoms with Gasteiger partial charge in [0, 0.05) is 12.5 Å². The Labute approximate surface area is 165 Å². The third-order valence-corrected chi connectivity index (χ3v) is 10.7. The monoisotopic (exact) mass is 392 g/mol. The lowest BCUT2D eigenvalue weighted by atomic mass is 9.67. The van der Waals surface area contributed by atoms with E-state index in [4.69, 9.17) is 13.9 Å². The molecule has 1 aliphatic rings. The fourth-order valence-electron chi connectivity index (χ4n) is 3.28. The van der Waals surface area contributed by atoms with Crippen LogP contribution in [0.25, 0.3) is 0 Å². The number of benzene rings is 1. The van der Waals surface area contributed by atoms with Crippen molar-refractivity contribution in [3.63, 3.8) is 0 Å². The van der Waals surface area contributed by atoms with E-state index in [1.54, 1.807) is 7.11 Å². The minimum absolute atomic E-state index is 0.0874. The van der Waals surface area contributed by atoms with Gasteiger partial charge >= 0.3 is 0 Å². The van der Waals surface area contributed by atoms with Crippen molar-refractivity contribution < 1.29 is 19.0 Å². The Hall–Kier alpha value is -1.14. The van der Waals surface area contributed by atoms with Crippen LogP contribution in [0.4, 0.5) is 0 Å². The van der Waals surface area contributed by atoms with E-state index in [0.29, 0.717) is 13.2 Å². The Morgan fingerprint density at radius 1 is 1.19 bits per heavy atom. The Bertz CT molecular complexity index is 606. The van der Waals surface area contributed by atoms with Crippen LogP contribution in [-0.4, -0.2) is 39.3 Å². The Balaban J connectivity index is 1.87. The lowest BCUT2D eigenvalue weighted by Gasteiger charge is -2.52. The second kappa shape index (κ2) is 8.91. The molecular weight excluding hydrogens is 356 g/mol. The summed E-state index contributed by atoms with van der Waals surface area (Å²) in [4.78, 5) is 0. The Kier molecular flexibility index (Phi) is 7.31. The Morgan fingerprint density at radius 2 is 1.81 bits per heavy atom. The van der Waals surface area contributed by atoms with Crippen molar-refractivity contribution in [3.8, 4) is 5.75 Å². The number of aliphatic hydroxyl groups excluding tert-OH is 1. The van der Waals surface area contributed by atoms with Crippen molar-refractivity contribution >= 4 is 8.32 Å². The van der Waals surface area contributed by atoms with E-state index in [2.05, 4.69) is 40.4 Å². The molecule has 0 aliphatic heterocycles. The fourth-order valence-corrected chi connectivity index (χ4v) is 4.62. The minimum atomic E-state index is -1.92. The van der Waals surface area contributed by atoms with Gasteiger partial charge in [0.15, 0.2) is 8.32 Å². The molecule has 0 radical (unpaired) electrons. The van der Waals surface area contributed by atoms with E-state index in [9.17, 15) is 5.11 Å². The molecule has 0 saturated heterocycles. The summed E-state index contributed by atoms with van der Waals surface area (Å²) in [5.74, 6) is 1.20. The maximum Gasteiger partial charge on any atom is 0.192 e. The molecule has 0 bridgehead atoms. The van der Waals surface area contributed by atoms with Crippen LogP contribution in [0.15, 0.2) is 36.9 Å². The summed E-state index contributed by atoms with van der Waals surface area (Å²) < 4.78 is 17.6. The second-order valence-electron chi connectivity index (χ2n) is 9.00. The molecule has 152 valence electrons. The summed E-state index contributed by atoms with van der Waals surface area (Å²) in [6.45, 7) is 16.3. The van der Waals surface area contributed by atoms with Gasteiger partial charge in [0.05, 0.1) is 25.9 Å². The van der Waals surface area contributed by atoms with Gasteiger partial charge in [0.2, 0.25) is 0 Å². The van der Waals surface area contributed by atoms with Crippen LogP contribution in [0.1, 0.15) is 32.8 Å². The van der Waals surface area contributed by atoms with Crippen molar-refractivity contribution in [3.05, 3.63) is 42.5 Å². The van der Waals surface area contributed by atoms with Crippen molar-refractivity contribution in [2.45, 2.75) is 64.1 Å². The lowest BCUT2D eigenvalue weighted by Crippen LogP contribution is -2.61. The number of rotatable bonds is 9. The number of aliphatic hydroxyl groups is 1. The standard InChI is InChI=1S/C22H36O4Si/c1-8-18-19(21(20(18)23)26-27(6,7)22(2,3)4)13-14-25-15-16-9-11-17(24-5)12-10-16/h8-12,18-21,23H,1,13-15H2,2-7H3/t18-,19-,20-,21-/m1/s1. The SMILES string of the molecule is C=C[C@H]1[C@@H](O)[C@H](O[Si](C)(C)C(C)(C)C)[C@@H]1CCOCc1ccc(OC)cc1. The molecule has 1 N–H and O–H groups in total. The smallest absolute Gasteiger partial charge is 0.192 e. The van der Waals surface area contributed by atoms with Crippen molar-refractivity contribution in [2.75, 3.05) is 13.7 Å². The predicted molar refractivity (Wildman–Crippen MR) is 113 cm³/mol. The number of hydrogen-bond donors (Lipinski definition) is 1. The van der Waals surface area contributed by atoms with Gasteiger partial charge in [-0.25, -0.2) is 0 Å². The van der Waals surface area contributed by atoms with Gasteiger partial charge in [-0.2, -0.15) is 0 Å². The first-order chi connectivity index (χ1) is 12.6. The summed E-state index contributed by atoms with van der Waals surface area (Å²) in [6.07, 6.45) is 2.16. The van der Waals surface area contributed by atoms with Crippen LogP contribution in [-0.2, 0) is 15.8 Å². The zero-order valence-corrected chi connectivity index (χ0v) is 18.7. The van der Waals surface area contributed by atoms with Crippen LogP contribution in [0, 0.1) is 11.8 Å². The largest absolute Gasteiger partial charge is 0.497 e. The third-order valence-electron chi connectivity index (χ3n) is 6.18. The lowest BCUT2D eigenvalue weighted by molar-refractivity contribution is -0.136. The van der Waals surface area contributed by atoms with Gasteiger partial charge in [-0.3, -0.25) is 0 Å². The molecule has 2 rings (SSSR count). The van der Waals surface area contributed by atoms with Gasteiger partial charge in [-0.1, -0.05) is 39.0 Å². The molecule has 1 fully saturated rings. The number of methoxy groups -OCH3 is 1. The van der Waals surface area contributed by atoms with Crippen LogP contribution in [0.2, 0.25) is 18.1 Å². The van der Waals surface area contributed by atoms with E-state index in [0.717, 1.165) is 17.7 Å². The zero-order chi connectivity index (χ0) is 20.2. The third kappa shape index (κ3) is 5.22. The molecule has 5 heteroatoms. The molecule has 0 unspecified atom stereocenters. The molecule has 0 aromatic heterocycles. The summed E-state index contributed by atoms with van der Waals surface area (Å²) in [5, 5.41) is 10.7. The molecule has 0 spiro atoms. The highest BCUT2D eigenvalue weighted by Crippen LogP contribution is 2.46. The number of ether oxygens (including phenoxy) is 2. The van der Waals surface area contributed by atoms with Gasteiger partial charge in [-0.05, 0) is 48.2 Å². The van der Waals surface area contributed by atoms with E-state index in [1.807, 2.05) is 30.3 Å². The maximum absolute atomic E-state index is 10.5. The fraction of sp³-hybridized carbons (Fsp3) is 0.636. The van der Waals surface area contributed by atoms with Crippen LogP contribution >= 0.6 is 0 Å².